The number of anilines is 1. The molecule has 1 aliphatic heterocycles. The first-order valence-corrected chi connectivity index (χ1v) is 6.27. The van der Waals surface area contributed by atoms with Gasteiger partial charge in [0.05, 0.1) is 0 Å². The normalized spacial score (nSPS) is 17.7. The molecule has 0 fully saturated rings. The van der Waals surface area contributed by atoms with E-state index in [-0.39, 0.29) is 5.91 Å². The number of nitrogens with zero attached hydrogens (tertiary/aromatic N) is 1. The zero-order chi connectivity index (χ0) is 13.6. The molecule has 0 spiro atoms. The number of amides is 1. The third kappa shape index (κ3) is 1.83. The molecule has 0 aromatic heterocycles. The minimum absolute atomic E-state index is 0.145. The first-order chi connectivity index (χ1) is 9.08. The van der Waals surface area contributed by atoms with Crippen molar-refractivity contribution in [3.63, 3.8) is 0 Å². The molecule has 2 aromatic carbocycles. The van der Waals surface area contributed by atoms with E-state index >= 15 is 0 Å². The van der Waals surface area contributed by atoms with E-state index in [0.29, 0.717) is 11.1 Å². The van der Waals surface area contributed by atoms with Gasteiger partial charge in [-0.25, -0.2) is 0 Å². The third-order valence-corrected chi connectivity index (χ3v) is 3.42. The molecule has 96 valence electrons. The maximum atomic E-state index is 12.4. The standard InChI is InChI=1S/C16H15NO2/c1-10-7-11(2)9-12(8-10)17-15(18)13-5-3-4-6-14(13)16(17)19/h3-9,15,18H,1-2H3. The van der Waals surface area contributed by atoms with Gasteiger partial charge in [0.1, 0.15) is 0 Å². The van der Waals surface area contributed by atoms with E-state index in [1.54, 1.807) is 12.1 Å². The summed E-state index contributed by atoms with van der Waals surface area (Å²) >= 11 is 0. The third-order valence-electron chi connectivity index (χ3n) is 3.42. The van der Waals surface area contributed by atoms with Crippen LogP contribution in [0.2, 0.25) is 0 Å². The molecule has 0 saturated heterocycles. The molecule has 2 aromatic rings. The van der Waals surface area contributed by atoms with Crippen LogP contribution in [0.3, 0.4) is 0 Å². The van der Waals surface area contributed by atoms with Crippen LogP contribution in [-0.4, -0.2) is 11.0 Å². The van der Waals surface area contributed by atoms with Crippen molar-refractivity contribution < 1.29 is 9.90 Å². The van der Waals surface area contributed by atoms with Crippen LogP contribution < -0.4 is 4.90 Å². The molecular weight excluding hydrogens is 238 g/mol. The summed E-state index contributed by atoms with van der Waals surface area (Å²) < 4.78 is 0. The van der Waals surface area contributed by atoms with Crippen LogP contribution >= 0.6 is 0 Å². The fourth-order valence-electron chi connectivity index (χ4n) is 2.65. The average molecular weight is 253 g/mol. The second kappa shape index (κ2) is 4.21. The number of aliphatic hydroxyl groups is 1. The molecule has 1 heterocycles. The summed E-state index contributed by atoms with van der Waals surface area (Å²) in [6.45, 7) is 3.97. The van der Waals surface area contributed by atoms with Crippen LogP contribution in [0.25, 0.3) is 0 Å². The van der Waals surface area contributed by atoms with Crippen molar-refractivity contribution in [2.75, 3.05) is 4.90 Å². The number of fused-ring (bicyclic) bond motifs is 1. The monoisotopic (exact) mass is 253 g/mol. The van der Waals surface area contributed by atoms with Gasteiger partial charge in [0.15, 0.2) is 6.23 Å². The van der Waals surface area contributed by atoms with Gasteiger partial charge >= 0.3 is 0 Å². The number of aryl methyl sites for hydroxylation is 2. The molecule has 1 amide bonds. The second-order valence-electron chi connectivity index (χ2n) is 4.98. The molecule has 3 heteroatoms. The number of aliphatic hydroxyl groups excluding tert-OH is 1. The minimum atomic E-state index is -0.898. The lowest BCUT2D eigenvalue weighted by Crippen LogP contribution is -2.27. The Kier molecular flexibility index (Phi) is 2.64. The van der Waals surface area contributed by atoms with Crippen molar-refractivity contribution in [1.82, 2.24) is 0 Å². The molecule has 0 saturated carbocycles. The van der Waals surface area contributed by atoms with Gasteiger partial charge in [-0.05, 0) is 43.2 Å². The first-order valence-electron chi connectivity index (χ1n) is 6.27. The van der Waals surface area contributed by atoms with Crippen molar-refractivity contribution in [3.05, 3.63) is 64.7 Å². The fraction of sp³-hybridized carbons (Fsp3) is 0.188. The van der Waals surface area contributed by atoms with Crippen LogP contribution in [0.4, 0.5) is 5.69 Å². The number of rotatable bonds is 1. The summed E-state index contributed by atoms with van der Waals surface area (Å²) in [6, 6.07) is 13.1. The molecule has 1 atom stereocenters. The highest BCUT2D eigenvalue weighted by molar-refractivity contribution is 6.10. The lowest BCUT2D eigenvalue weighted by Gasteiger charge is -2.22. The SMILES string of the molecule is Cc1cc(C)cc(N2C(=O)c3ccccc3C2O)c1. The summed E-state index contributed by atoms with van der Waals surface area (Å²) in [4.78, 5) is 13.8. The second-order valence-corrected chi connectivity index (χ2v) is 4.98. The topological polar surface area (TPSA) is 40.5 Å². The van der Waals surface area contributed by atoms with E-state index in [1.165, 1.54) is 4.90 Å². The van der Waals surface area contributed by atoms with Gasteiger partial charge in [-0.15, -0.1) is 0 Å². The zero-order valence-electron chi connectivity index (χ0n) is 10.9. The Morgan fingerprint density at radius 2 is 1.68 bits per heavy atom. The highest BCUT2D eigenvalue weighted by Crippen LogP contribution is 2.36. The summed E-state index contributed by atoms with van der Waals surface area (Å²) in [5.41, 5.74) is 4.14. The van der Waals surface area contributed by atoms with Crippen LogP contribution in [0.1, 0.15) is 33.3 Å². The van der Waals surface area contributed by atoms with Crippen molar-refractivity contribution in [3.8, 4) is 0 Å². The smallest absolute Gasteiger partial charge is 0.261 e. The van der Waals surface area contributed by atoms with E-state index in [2.05, 4.69) is 0 Å². The van der Waals surface area contributed by atoms with Crippen LogP contribution in [-0.2, 0) is 0 Å². The maximum absolute atomic E-state index is 12.4. The number of hydrogen-bond acceptors (Lipinski definition) is 2. The van der Waals surface area contributed by atoms with Gasteiger partial charge in [-0.2, -0.15) is 0 Å². The zero-order valence-corrected chi connectivity index (χ0v) is 10.9. The van der Waals surface area contributed by atoms with Gasteiger partial charge in [0.25, 0.3) is 5.91 Å². The van der Waals surface area contributed by atoms with Crippen molar-refractivity contribution in [1.29, 1.82) is 0 Å². The van der Waals surface area contributed by atoms with Crippen LogP contribution in [0, 0.1) is 13.8 Å². The first kappa shape index (κ1) is 11.9. The van der Waals surface area contributed by atoms with Gasteiger partial charge in [-0.3, -0.25) is 9.69 Å². The summed E-state index contributed by atoms with van der Waals surface area (Å²) in [5.74, 6) is -0.145. The Balaban J connectivity index is 2.11. The Bertz CT molecular complexity index is 643. The van der Waals surface area contributed by atoms with E-state index in [9.17, 15) is 9.90 Å². The highest BCUT2D eigenvalue weighted by Gasteiger charge is 2.36. The van der Waals surface area contributed by atoms with E-state index in [4.69, 9.17) is 0 Å². The molecule has 0 radical (unpaired) electrons. The minimum Gasteiger partial charge on any atom is -0.369 e. The van der Waals surface area contributed by atoms with Gasteiger partial charge in [0.2, 0.25) is 0 Å². The molecule has 3 nitrogen and oxygen atoms in total. The summed E-state index contributed by atoms with van der Waals surface area (Å²) in [6.07, 6.45) is -0.898. The van der Waals surface area contributed by atoms with Gasteiger partial charge in [-0.1, -0.05) is 24.3 Å². The van der Waals surface area contributed by atoms with Gasteiger partial charge < -0.3 is 5.11 Å². The predicted molar refractivity (Wildman–Crippen MR) is 74.1 cm³/mol. The Morgan fingerprint density at radius 3 is 2.32 bits per heavy atom. The van der Waals surface area contributed by atoms with E-state index < -0.39 is 6.23 Å². The Morgan fingerprint density at radius 1 is 1.05 bits per heavy atom. The Hall–Kier alpha value is -2.13. The van der Waals surface area contributed by atoms with Crippen molar-refractivity contribution in [2.24, 2.45) is 0 Å². The average Bonchev–Trinajstić information content (AvgIpc) is 2.61. The number of carbonyl (C=O) groups is 1. The molecule has 1 aliphatic rings. The highest BCUT2D eigenvalue weighted by atomic mass is 16.3. The predicted octanol–water partition coefficient (Wildman–Crippen LogP) is 2.95. The molecule has 0 aliphatic carbocycles. The molecule has 1 N–H and O–H groups in total. The van der Waals surface area contributed by atoms with Crippen LogP contribution in [0.5, 0.6) is 0 Å². The number of hydrogen-bond donors (Lipinski definition) is 1. The molecule has 3 rings (SSSR count). The molecule has 19 heavy (non-hydrogen) atoms. The van der Waals surface area contributed by atoms with Crippen molar-refractivity contribution in [2.45, 2.75) is 20.1 Å². The lowest BCUT2D eigenvalue weighted by atomic mass is 10.1. The molecular formula is C16H15NO2. The molecule has 0 bridgehead atoms. The lowest BCUT2D eigenvalue weighted by molar-refractivity contribution is 0.0935. The molecule has 1 unspecified atom stereocenters. The largest absolute Gasteiger partial charge is 0.369 e. The van der Waals surface area contributed by atoms with Crippen molar-refractivity contribution >= 4 is 11.6 Å². The summed E-state index contributed by atoms with van der Waals surface area (Å²) in [7, 11) is 0. The van der Waals surface area contributed by atoms with Crippen LogP contribution in [0.15, 0.2) is 42.5 Å². The van der Waals surface area contributed by atoms with E-state index in [0.717, 1.165) is 16.8 Å². The number of carbonyl (C=O) groups excluding carboxylic acids is 1. The number of benzene rings is 2. The fourth-order valence-corrected chi connectivity index (χ4v) is 2.65. The summed E-state index contributed by atoms with van der Waals surface area (Å²) in [5, 5.41) is 10.4. The maximum Gasteiger partial charge on any atom is 0.261 e. The quantitative estimate of drug-likeness (QED) is 0.848. The van der Waals surface area contributed by atoms with Gasteiger partial charge in [0, 0.05) is 16.8 Å². The van der Waals surface area contributed by atoms with E-state index in [1.807, 2.05) is 44.2 Å². The Labute approximate surface area is 112 Å².